The molecule has 0 aliphatic carbocycles. The molecule has 5 nitrogen and oxygen atoms in total. The molecule has 0 spiro atoms. The molecule has 0 amide bonds. The number of rotatable bonds is 3. The van der Waals surface area contributed by atoms with E-state index >= 15 is 0 Å². The van der Waals surface area contributed by atoms with E-state index in [0.29, 0.717) is 0 Å². The molecule has 2 rings (SSSR count). The fourth-order valence-corrected chi connectivity index (χ4v) is 1.70. The van der Waals surface area contributed by atoms with Gasteiger partial charge in [0.2, 0.25) is 0 Å². The number of aliphatic hydroxyl groups is 1. The van der Waals surface area contributed by atoms with Crippen molar-refractivity contribution >= 4 is 0 Å². The first-order valence-corrected chi connectivity index (χ1v) is 5.65. The molecule has 0 radical (unpaired) electrons. The van der Waals surface area contributed by atoms with Crippen molar-refractivity contribution in [3.8, 4) is 11.5 Å². The molecule has 0 saturated heterocycles. The highest BCUT2D eigenvalue weighted by molar-refractivity contribution is 5.49. The summed E-state index contributed by atoms with van der Waals surface area (Å²) in [6.07, 6.45) is 5.47. The molecule has 2 aromatic rings. The van der Waals surface area contributed by atoms with Gasteiger partial charge in [-0.05, 0) is 26.8 Å². The van der Waals surface area contributed by atoms with Gasteiger partial charge in [-0.2, -0.15) is 5.10 Å². The van der Waals surface area contributed by atoms with Crippen molar-refractivity contribution in [3.05, 3.63) is 24.7 Å². The van der Waals surface area contributed by atoms with Gasteiger partial charge in [0.25, 0.3) is 0 Å². The van der Waals surface area contributed by atoms with Gasteiger partial charge in [-0.15, -0.1) is 0 Å². The van der Waals surface area contributed by atoms with Gasteiger partial charge in [0.1, 0.15) is 5.69 Å². The highest BCUT2D eigenvalue weighted by Gasteiger charge is 2.26. The van der Waals surface area contributed by atoms with E-state index in [1.54, 1.807) is 24.7 Å². The van der Waals surface area contributed by atoms with E-state index in [1.807, 2.05) is 37.0 Å². The van der Waals surface area contributed by atoms with Crippen LogP contribution in [0.15, 0.2) is 24.7 Å². The molecule has 17 heavy (non-hydrogen) atoms. The average molecular weight is 234 g/mol. The smallest absolute Gasteiger partial charge is 0.160 e. The Morgan fingerprint density at radius 2 is 2.06 bits per heavy atom. The maximum atomic E-state index is 10.1. The summed E-state index contributed by atoms with van der Waals surface area (Å²) in [5.41, 5.74) is 0.0122. The predicted octanol–water partition coefficient (Wildman–Crippen LogP) is 1.62. The number of aryl methyl sites for hydroxylation is 1. The fourth-order valence-electron chi connectivity index (χ4n) is 1.70. The molecule has 0 bridgehead atoms. The van der Waals surface area contributed by atoms with Gasteiger partial charge in [0, 0.05) is 25.6 Å². The van der Waals surface area contributed by atoms with Crippen molar-refractivity contribution in [2.24, 2.45) is 7.05 Å². The molecule has 0 aliphatic heterocycles. The van der Waals surface area contributed by atoms with Gasteiger partial charge in [0.15, 0.2) is 5.82 Å². The number of imidazole rings is 1. The Bertz CT molecular complexity index is 507. The highest BCUT2D eigenvalue weighted by Crippen LogP contribution is 2.26. The van der Waals surface area contributed by atoms with Crippen molar-refractivity contribution in [1.82, 2.24) is 19.3 Å². The highest BCUT2D eigenvalue weighted by atomic mass is 16.3. The summed E-state index contributed by atoms with van der Waals surface area (Å²) >= 11 is 0. The van der Waals surface area contributed by atoms with Crippen molar-refractivity contribution in [2.75, 3.05) is 0 Å². The van der Waals surface area contributed by atoms with Crippen LogP contribution in [0.4, 0.5) is 0 Å². The monoisotopic (exact) mass is 234 g/mol. The van der Waals surface area contributed by atoms with Crippen molar-refractivity contribution in [3.63, 3.8) is 0 Å². The SMILES string of the molecule is CC(n1ccnc1-c1ccn(C)n1)C(C)(C)O. The van der Waals surface area contributed by atoms with E-state index in [2.05, 4.69) is 10.1 Å². The Morgan fingerprint density at radius 1 is 1.35 bits per heavy atom. The van der Waals surface area contributed by atoms with Crippen LogP contribution in [0.5, 0.6) is 0 Å². The molecule has 0 fully saturated rings. The van der Waals surface area contributed by atoms with Crippen molar-refractivity contribution in [1.29, 1.82) is 0 Å². The zero-order chi connectivity index (χ0) is 12.6. The third-order valence-corrected chi connectivity index (χ3v) is 3.05. The molecule has 1 N–H and O–H groups in total. The summed E-state index contributed by atoms with van der Waals surface area (Å²) in [6.45, 7) is 5.55. The van der Waals surface area contributed by atoms with Crippen LogP contribution < -0.4 is 0 Å². The first-order valence-electron chi connectivity index (χ1n) is 5.65. The maximum absolute atomic E-state index is 10.1. The minimum absolute atomic E-state index is 0.0676. The minimum Gasteiger partial charge on any atom is -0.388 e. The van der Waals surface area contributed by atoms with Gasteiger partial charge in [-0.3, -0.25) is 4.68 Å². The van der Waals surface area contributed by atoms with Gasteiger partial charge >= 0.3 is 0 Å². The Hall–Kier alpha value is -1.62. The Morgan fingerprint density at radius 3 is 2.59 bits per heavy atom. The lowest BCUT2D eigenvalue weighted by atomic mass is 10.0. The molecule has 5 heteroatoms. The molecule has 1 atom stereocenters. The first-order chi connectivity index (χ1) is 7.89. The van der Waals surface area contributed by atoms with E-state index in [9.17, 15) is 5.11 Å². The van der Waals surface area contributed by atoms with Gasteiger partial charge < -0.3 is 9.67 Å². The lowest BCUT2D eigenvalue weighted by Gasteiger charge is -2.28. The molecular formula is C12H18N4O. The lowest BCUT2D eigenvalue weighted by molar-refractivity contribution is 0.0311. The predicted molar refractivity (Wildman–Crippen MR) is 65.4 cm³/mol. The minimum atomic E-state index is -0.801. The quantitative estimate of drug-likeness (QED) is 0.878. The van der Waals surface area contributed by atoms with Crippen LogP contribution in [0.1, 0.15) is 26.8 Å². The summed E-state index contributed by atoms with van der Waals surface area (Å²) in [5.74, 6) is 0.778. The second-order valence-corrected chi connectivity index (χ2v) is 4.86. The summed E-state index contributed by atoms with van der Waals surface area (Å²) in [5, 5.41) is 14.4. The maximum Gasteiger partial charge on any atom is 0.160 e. The Labute approximate surface area is 101 Å². The van der Waals surface area contributed by atoms with Crippen molar-refractivity contribution < 1.29 is 5.11 Å². The fraction of sp³-hybridized carbons (Fsp3) is 0.500. The Kier molecular flexibility index (Phi) is 2.79. The molecule has 0 aromatic carbocycles. The zero-order valence-corrected chi connectivity index (χ0v) is 10.6. The number of hydrogen-bond donors (Lipinski definition) is 1. The van der Waals surface area contributed by atoms with Crippen LogP contribution in [-0.2, 0) is 7.05 Å². The number of aromatic nitrogens is 4. The van der Waals surface area contributed by atoms with Crippen LogP contribution in [-0.4, -0.2) is 30.0 Å². The van der Waals surface area contributed by atoms with E-state index < -0.39 is 5.60 Å². The summed E-state index contributed by atoms with van der Waals surface area (Å²) in [7, 11) is 1.87. The second kappa shape index (κ2) is 4.00. The van der Waals surface area contributed by atoms with Crippen LogP contribution in [0.3, 0.4) is 0 Å². The van der Waals surface area contributed by atoms with E-state index in [-0.39, 0.29) is 6.04 Å². The molecule has 1 unspecified atom stereocenters. The molecule has 0 aliphatic rings. The average Bonchev–Trinajstić information content (AvgIpc) is 2.82. The summed E-state index contributed by atoms with van der Waals surface area (Å²) in [4.78, 5) is 4.31. The molecule has 0 saturated carbocycles. The lowest BCUT2D eigenvalue weighted by Crippen LogP contribution is -2.31. The molecular weight excluding hydrogens is 216 g/mol. The third kappa shape index (κ3) is 2.24. The van der Waals surface area contributed by atoms with Crippen LogP contribution in [0.25, 0.3) is 11.5 Å². The topological polar surface area (TPSA) is 55.9 Å². The molecule has 92 valence electrons. The Balaban J connectivity index is 2.42. The van der Waals surface area contributed by atoms with Gasteiger partial charge in [-0.25, -0.2) is 4.98 Å². The molecule has 2 aromatic heterocycles. The third-order valence-electron chi connectivity index (χ3n) is 3.05. The standard InChI is InChI=1S/C12H18N4O/c1-9(12(2,3)17)16-8-6-13-11(16)10-5-7-15(4)14-10/h5-9,17H,1-4H3. The van der Waals surface area contributed by atoms with Crippen molar-refractivity contribution in [2.45, 2.75) is 32.4 Å². The zero-order valence-electron chi connectivity index (χ0n) is 10.6. The van der Waals surface area contributed by atoms with E-state index in [1.165, 1.54) is 0 Å². The first kappa shape index (κ1) is 11.9. The summed E-state index contributed by atoms with van der Waals surface area (Å²) in [6, 6.07) is 1.85. The number of hydrogen-bond acceptors (Lipinski definition) is 3. The normalized spacial score (nSPS) is 13.9. The van der Waals surface area contributed by atoms with Crippen LogP contribution in [0.2, 0.25) is 0 Å². The van der Waals surface area contributed by atoms with Crippen LogP contribution >= 0.6 is 0 Å². The largest absolute Gasteiger partial charge is 0.388 e. The van der Waals surface area contributed by atoms with Crippen LogP contribution in [0, 0.1) is 0 Å². The number of nitrogens with zero attached hydrogens (tertiary/aromatic N) is 4. The van der Waals surface area contributed by atoms with Gasteiger partial charge in [-0.1, -0.05) is 0 Å². The summed E-state index contributed by atoms with van der Waals surface area (Å²) < 4.78 is 3.69. The molecule has 2 heterocycles. The second-order valence-electron chi connectivity index (χ2n) is 4.86. The van der Waals surface area contributed by atoms with E-state index in [4.69, 9.17) is 0 Å². The van der Waals surface area contributed by atoms with Gasteiger partial charge in [0.05, 0.1) is 11.6 Å². The van der Waals surface area contributed by atoms with E-state index in [0.717, 1.165) is 11.5 Å².